The number of aromatic nitrogens is 2. The maximum absolute atomic E-state index is 12.2. The average Bonchev–Trinajstić information content (AvgIpc) is 3.02. The minimum absolute atomic E-state index is 0.246. The fourth-order valence-corrected chi connectivity index (χ4v) is 3.76. The molecule has 1 aromatic heterocycles. The number of nitrogens with zero attached hydrogens (tertiary/aromatic N) is 3. The minimum Gasteiger partial charge on any atom is -0.478 e. The highest BCUT2D eigenvalue weighted by atomic mass is 16.6. The molecule has 1 aliphatic rings. The van der Waals surface area contributed by atoms with Crippen molar-refractivity contribution in [3.8, 4) is 0 Å². The number of rotatable bonds is 4. The molecule has 28 heavy (non-hydrogen) atoms. The van der Waals surface area contributed by atoms with Gasteiger partial charge in [-0.05, 0) is 63.6 Å². The summed E-state index contributed by atoms with van der Waals surface area (Å²) in [5.74, 6) is -0.474. The summed E-state index contributed by atoms with van der Waals surface area (Å²) in [6.45, 7) is 9.72. The molecule has 0 aliphatic carbocycles. The number of hydrogen-bond acceptors (Lipinski definition) is 4. The van der Waals surface area contributed by atoms with Crippen LogP contribution >= 0.6 is 0 Å². The molecule has 0 unspecified atom stereocenters. The second-order valence-electron chi connectivity index (χ2n) is 8.45. The Kier molecular flexibility index (Phi) is 5.63. The molecule has 2 aromatic rings. The van der Waals surface area contributed by atoms with Crippen LogP contribution in [-0.4, -0.2) is 50.5 Å². The Labute approximate surface area is 165 Å². The number of aromatic carboxylic acids is 1. The van der Waals surface area contributed by atoms with Gasteiger partial charge in [0.15, 0.2) is 0 Å². The van der Waals surface area contributed by atoms with Gasteiger partial charge < -0.3 is 14.7 Å². The quantitative estimate of drug-likeness (QED) is 0.859. The molecule has 7 nitrogen and oxygen atoms in total. The zero-order valence-corrected chi connectivity index (χ0v) is 17.1. The predicted octanol–water partition coefficient (Wildman–Crippen LogP) is 3.94. The lowest BCUT2D eigenvalue weighted by atomic mass is 9.97. The lowest BCUT2D eigenvalue weighted by molar-refractivity contribution is 0.0177. The first-order chi connectivity index (χ1) is 13.2. The standard InChI is InChI=1S/C21H29N3O4/c1-5-15-16(19(25)26)6-7-18-17(15)13-24(22-18)12-14-8-10-23(11-9-14)20(27)28-21(2,3)4/h6-7,13-14H,5,8-12H2,1-4H3,(H,25,26). The van der Waals surface area contributed by atoms with E-state index in [4.69, 9.17) is 4.74 Å². The molecule has 1 N–H and O–H groups in total. The Hall–Kier alpha value is -2.57. The van der Waals surface area contributed by atoms with Crippen molar-refractivity contribution in [1.29, 1.82) is 0 Å². The highest BCUT2D eigenvalue weighted by Gasteiger charge is 2.27. The lowest BCUT2D eigenvalue weighted by Crippen LogP contribution is -2.42. The summed E-state index contributed by atoms with van der Waals surface area (Å²) in [5.41, 5.74) is 1.53. The van der Waals surface area contributed by atoms with Crippen molar-refractivity contribution in [3.63, 3.8) is 0 Å². The summed E-state index contributed by atoms with van der Waals surface area (Å²) in [6, 6.07) is 3.42. The fourth-order valence-electron chi connectivity index (χ4n) is 3.76. The van der Waals surface area contributed by atoms with E-state index in [2.05, 4.69) is 5.10 Å². The van der Waals surface area contributed by atoms with Gasteiger partial charge in [0.25, 0.3) is 0 Å². The number of carbonyl (C=O) groups is 2. The third-order valence-corrected chi connectivity index (χ3v) is 5.14. The second kappa shape index (κ2) is 7.81. The van der Waals surface area contributed by atoms with Crippen molar-refractivity contribution in [3.05, 3.63) is 29.5 Å². The second-order valence-corrected chi connectivity index (χ2v) is 8.45. The highest BCUT2D eigenvalue weighted by Crippen LogP contribution is 2.25. The molecular formula is C21H29N3O4. The molecule has 0 saturated carbocycles. The minimum atomic E-state index is -0.902. The maximum atomic E-state index is 12.2. The molecule has 0 bridgehead atoms. The van der Waals surface area contributed by atoms with Crippen molar-refractivity contribution in [1.82, 2.24) is 14.7 Å². The highest BCUT2D eigenvalue weighted by molar-refractivity contribution is 5.96. The van der Waals surface area contributed by atoms with Crippen LogP contribution in [0, 0.1) is 5.92 Å². The predicted molar refractivity (Wildman–Crippen MR) is 107 cm³/mol. The summed E-state index contributed by atoms with van der Waals surface area (Å²) in [5, 5.41) is 14.9. The molecule has 1 aromatic carbocycles. The number of likely N-dealkylation sites (tertiary alicyclic amines) is 1. The van der Waals surface area contributed by atoms with Crippen molar-refractivity contribution in [2.45, 2.75) is 59.1 Å². The fraction of sp³-hybridized carbons (Fsp3) is 0.571. The molecule has 0 radical (unpaired) electrons. The van der Waals surface area contributed by atoms with Gasteiger partial charge in [-0.1, -0.05) is 6.92 Å². The summed E-state index contributed by atoms with van der Waals surface area (Å²) in [7, 11) is 0. The van der Waals surface area contributed by atoms with Crippen LogP contribution in [0.15, 0.2) is 18.3 Å². The van der Waals surface area contributed by atoms with Gasteiger partial charge in [0.2, 0.25) is 0 Å². The molecule has 3 rings (SSSR count). The van der Waals surface area contributed by atoms with E-state index in [0.29, 0.717) is 31.0 Å². The van der Waals surface area contributed by atoms with E-state index in [1.807, 2.05) is 38.6 Å². The lowest BCUT2D eigenvalue weighted by Gasteiger charge is -2.33. The molecule has 1 amide bonds. The molecule has 152 valence electrons. The van der Waals surface area contributed by atoms with Crippen LogP contribution in [0.25, 0.3) is 10.9 Å². The van der Waals surface area contributed by atoms with Gasteiger partial charge in [-0.2, -0.15) is 5.10 Å². The van der Waals surface area contributed by atoms with Crippen LogP contribution in [0.1, 0.15) is 56.5 Å². The van der Waals surface area contributed by atoms with Crippen molar-refractivity contribution >= 4 is 23.0 Å². The Morgan fingerprint density at radius 2 is 1.93 bits per heavy atom. The van der Waals surface area contributed by atoms with Crippen LogP contribution in [-0.2, 0) is 17.7 Å². The van der Waals surface area contributed by atoms with Crippen LogP contribution in [0.3, 0.4) is 0 Å². The largest absolute Gasteiger partial charge is 0.478 e. The Morgan fingerprint density at radius 3 is 2.50 bits per heavy atom. The van der Waals surface area contributed by atoms with Crippen molar-refractivity contribution in [2.75, 3.05) is 13.1 Å². The monoisotopic (exact) mass is 387 g/mol. The molecular weight excluding hydrogens is 358 g/mol. The number of hydrogen-bond donors (Lipinski definition) is 1. The first kappa shape index (κ1) is 20.2. The normalized spacial score (nSPS) is 15.8. The van der Waals surface area contributed by atoms with E-state index in [0.717, 1.165) is 35.9 Å². The van der Waals surface area contributed by atoms with E-state index < -0.39 is 11.6 Å². The summed E-state index contributed by atoms with van der Waals surface area (Å²) in [4.78, 5) is 25.4. The number of aryl methyl sites for hydroxylation is 1. The summed E-state index contributed by atoms with van der Waals surface area (Å²) < 4.78 is 7.37. The number of ether oxygens (including phenoxy) is 1. The Bertz CT molecular complexity index is 874. The van der Waals surface area contributed by atoms with E-state index in [-0.39, 0.29) is 6.09 Å². The molecule has 1 fully saturated rings. The van der Waals surface area contributed by atoms with E-state index in [1.54, 1.807) is 17.0 Å². The number of carboxylic acid groups (broad SMARTS) is 1. The molecule has 2 heterocycles. The molecule has 7 heteroatoms. The number of amides is 1. The third kappa shape index (κ3) is 4.46. The first-order valence-corrected chi connectivity index (χ1v) is 9.88. The van der Waals surface area contributed by atoms with Gasteiger partial charge in [0.05, 0.1) is 11.1 Å². The van der Waals surface area contributed by atoms with Crippen LogP contribution in [0.5, 0.6) is 0 Å². The summed E-state index contributed by atoms with van der Waals surface area (Å²) in [6.07, 6.45) is 4.16. The van der Waals surface area contributed by atoms with Crippen LogP contribution in [0.4, 0.5) is 4.79 Å². The molecule has 0 spiro atoms. The summed E-state index contributed by atoms with van der Waals surface area (Å²) >= 11 is 0. The SMILES string of the molecule is CCc1c(C(=O)O)ccc2nn(CC3CCN(C(=O)OC(C)(C)C)CC3)cc12. The van der Waals surface area contributed by atoms with Gasteiger partial charge >= 0.3 is 12.1 Å². The van der Waals surface area contributed by atoms with Gasteiger partial charge in [0.1, 0.15) is 5.60 Å². The number of carboxylic acids is 1. The molecule has 1 aliphatic heterocycles. The third-order valence-electron chi connectivity index (χ3n) is 5.14. The van der Waals surface area contributed by atoms with Crippen molar-refractivity contribution < 1.29 is 19.4 Å². The number of piperidine rings is 1. The van der Waals surface area contributed by atoms with Gasteiger partial charge in [-0.3, -0.25) is 4.68 Å². The Morgan fingerprint density at radius 1 is 1.25 bits per heavy atom. The van der Waals surface area contributed by atoms with Crippen molar-refractivity contribution in [2.24, 2.45) is 5.92 Å². The molecule has 1 saturated heterocycles. The zero-order chi connectivity index (χ0) is 20.5. The maximum Gasteiger partial charge on any atom is 0.410 e. The smallest absolute Gasteiger partial charge is 0.410 e. The van der Waals surface area contributed by atoms with Gasteiger partial charge in [0, 0.05) is 31.2 Å². The topological polar surface area (TPSA) is 84.7 Å². The average molecular weight is 387 g/mol. The zero-order valence-electron chi connectivity index (χ0n) is 17.1. The number of carbonyl (C=O) groups excluding carboxylic acids is 1. The Balaban J connectivity index is 1.66. The van der Waals surface area contributed by atoms with Gasteiger partial charge in [-0.15, -0.1) is 0 Å². The molecule has 0 atom stereocenters. The first-order valence-electron chi connectivity index (χ1n) is 9.88. The number of fused-ring (bicyclic) bond motifs is 1. The van der Waals surface area contributed by atoms with E-state index in [1.165, 1.54) is 0 Å². The van der Waals surface area contributed by atoms with Crippen LogP contribution in [0.2, 0.25) is 0 Å². The number of benzene rings is 1. The van der Waals surface area contributed by atoms with Crippen LogP contribution < -0.4 is 0 Å². The van der Waals surface area contributed by atoms with Gasteiger partial charge in [-0.25, -0.2) is 9.59 Å². The van der Waals surface area contributed by atoms with E-state index >= 15 is 0 Å². The van der Waals surface area contributed by atoms with E-state index in [9.17, 15) is 14.7 Å².